The van der Waals surface area contributed by atoms with Gasteiger partial charge in [0.25, 0.3) is 0 Å². The van der Waals surface area contributed by atoms with E-state index in [1.54, 1.807) is 6.92 Å². The standard InChI is InChI=1S/C76H119NO42.CH4/c1-27-53(113-63-52(98)54(31(84)22-105-63)114-68-59(99)75(103,25-82)26-107-68)46(92)50(96)64(108-27)117-57-44(90)40(77-39(86)23-106-61-48(94)43(89)34(20-80)110-61)32(18-78)109-66(57)119-69(102)76-15-14-70(2,3)16-29(76)28-8-9-36-71(4)12-11-38(72(5,24-81)35(71)10-13-73(36,6)74(28,7)17-37(76)85)112-67-58(118-65-49(95)45(91)42(88)33(19-79)111-65)55(51(97)56(116-67)60(100)101)115-62-47(93)41(87)30(83)21-104-62;/h8,24,27,29-38,40-59,61-68,78-80,82-85,87-99,103H,9-23,25-26H2,1-7H3,(H,77,86)(H,100,101);1H4/t27?,29?,30-,31-,32-,33?,34+,35-,36?,37?,38+,40+,41+,42+,43?,44?,45+,46?,47?,48?,49?,50?,51+,52?,53+,54?,55+,56?,57?,58?,59?,61-,62+,63+,64+,65+,66+,67-,68+,71?,72-,73+,74-,75+,76-;/m1./s1. The van der Waals surface area contributed by atoms with E-state index in [-0.39, 0.29) is 39.0 Å². The van der Waals surface area contributed by atoms with Crippen LogP contribution in [0.25, 0.3) is 0 Å². The molecule has 1 amide bonds. The van der Waals surface area contributed by atoms with Gasteiger partial charge in [-0.25, -0.2) is 4.79 Å². The summed E-state index contributed by atoms with van der Waals surface area (Å²) in [6.45, 7) is 6.91. The van der Waals surface area contributed by atoms with Gasteiger partial charge >= 0.3 is 11.9 Å². The highest BCUT2D eigenvalue weighted by atomic mass is 16.8. The average Bonchev–Trinajstić information content (AvgIpc) is 0.739. The van der Waals surface area contributed by atoms with Gasteiger partial charge < -0.3 is 198 Å². The number of hydrogen-bond acceptors (Lipinski definition) is 41. The van der Waals surface area contributed by atoms with Crippen molar-refractivity contribution in [2.75, 3.05) is 52.9 Å². The average molecular weight is 1730 g/mol. The minimum atomic E-state index is -2.26. The van der Waals surface area contributed by atoms with Crippen LogP contribution in [0.2, 0.25) is 0 Å². The summed E-state index contributed by atoms with van der Waals surface area (Å²) < 4.78 is 94.9. The van der Waals surface area contributed by atoms with Crippen molar-refractivity contribution < 1.29 is 207 Å². The number of aliphatic carboxylic acids is 1. The minimum Gasteiger partial charge on any atom is -0.479 e. The quantitative estimate of drug-likeness (QED) is 0.0185. The van der Waals surface area contributed by atoms with Crippen LogP contribution in [0.5, 0.6) is 0 Å². The molecule has 688 valence electrons. The molecule has 4 saturated carbocycles. The molecule has 0 spiro atoms. The fourth-order valence-electron chi connectivity index (χ4n) is 21.6. The number of aldehydes is 1. The summed E-state index contributed by atoms with van der Waals surface area (Å²) in [7, 11) is 0. The number of carbonyl (C=O) groups excluding carboxylic acids is 3. The molecule has 8 heterocycles. The zero-order chi connectivity index (χ0) is 86.8. The molecule has 8 aliphatic heterocycles. The third kappa shape index (κ3) is 16.7. The zero-order valence-corrected chi connectivity index (χ0v) is 66.7. The maximum absolute atomic E-state index is 16.2. The molecule has 43 nitrogen and oxygen atoms in total. The number of aliphatic hydroxyl groups is 21. The van der Waals surface area contributed by atoms with Gasteiger partial charge in [-0.15, -0.1) is 0 Å². The molecule has 12 fully saturated rings. The van der Waals surface area contributed by atoms with Gasteiger partial charge in [-0.3, -0.25) is 9.59 Å². The summed E-state index contributed by atoms with van der Waals surface area (Å²) in [4.78, 5) is 57.4. The fraction of sp³-hybridized carbons (Fsp3) is 0.922. The van der Waals surface area contributed by atoms with Crippen LogP contribution < -0.4 is 5.32 Å². The van der Waals surface area contributed by atoms with Crippen LogP contribution in [0.3, 0.4) is 0 Å². The molecule has 43 heteroatoms. The Kier molecular flexibility index (Phi) is 29.0. The van der Waals surface area contributed by atoms with Gasteiger partial charge in [-0.05, 0) is 104 Å². The maximum Gasteiger partial charge on any atom is 0.335 e. The van der Waals surface area contributed by atoms with Gasteiger partial charge in [0.1, 0.15) is 158 Å². The number of ether oxygens (including phenoxy) is 16. The lowest BCUT2D eigenvalue weighted by atomic mass is 9.33. The van der Waals surface area contributed by atoms with Crippen molar-refractivity contribution >= 4 is 24.1 Å². The molecule has 0 aromatic carbocycles. The number of aliphatic hydroxyl groups excluding tert-OH is 20. The van der Waals surface area contributed by atoms with E-state index in [2.05, 4.69) is 25.2 Å². The van der Waals surface area contributed by atoms with Crippen molar-refractivity contribution in [1.82, 2.24) is 5.32 Å². The summed E-state index contributed by atoms with van der Waals surface area (Å²) >= 11 is 0. The first-order chi connectivity index (χ1) is 56.0. The van der Waals surface area contributed by atoms with Crippen molar-refractivity contribution in [3.8, 4) is 0 Å². The smallest absolute Gasteiger partial charge is 0.335 e. The van der Waals surface area contributed by atoms with Gasteiger partial charge in [0, 0.05) is 0 Å². The first-order valence-corrected chi connectivity index (χ1v) is 40.6. The van der Waals surface area contributed by atoms with Crippen molar-refractivity contribution in [3.05, 3.63) is 11.6 Å². The second-order valence-corrected chi connectivity index (χ2v) is 36.4. The minimum absolute atomic E-state index is 0. The largest absolute Gasteiger partial charge is 0.479 e. The van der Waals surface area contributed by atoms with E-state index in [0.29, 0.717) is 32.1 Å². The number of amides is 1. The van der Waals surface area contributed by atoms with Crippen LogP contribution in [-0.4, -0.2) is 416 Å². The van der Waals surface area contributed by atoms with Crippen LogP contribution in [0, 0.1) is 50.2 Å². The first kappa shape index (κ1) is 95.5. The number of rotatable bonds is 24. The first-order valence-electron chi connectivity index (χ1n) is 40.6. The summed E-state index contributed by atoms with van der Waals surface area (Å²) in [6.07, 6.45) is -59.8. The summed E-state index contributed by atoms with van der Waals surface area (Å²) in [6, 6.07) is -1.75. The molecule has 13 aliphatic rings. The van der Waals surface area contributed by atoms with Crippen molar-refractivity contribution in [2.45, 2.75) is 340 Å². The van der Waals surface area contributed by atoms with Gasteiger partial charge in [0.2, 0.25) is 12.2 Å². The molecule has 120 heavy (non-hydrogen) atoms. The number of carboxylic acid groups (broad SMARTS) is 1. The fourth-order valence-corrected chi connectivity index (χ4v) is 21.6. The van der Waals surface area contributed by atoms with E-state index < -0.39 is 342 Å². The van der Waals surface area contributed by atoms with Gasteiger partial charge in [-0.2, -0.15) is 0 Å². The number of esters is 1. The monoisotopic (exact) mass is 1730 g/mol. The third-order valence-corrected chi connectivity index (χ3v) is 28.9. The van der Waals surface area contributed by atoms with Crippen LogP contribution in [-0.2, 0) is 95.0 Å². The molecule has 23 N–H and O–H groups in total. The molecule has 0 aromatic rings. The molecule has 8 saturated heterocycles. The number of carboxylic acids is 1. The number of hydrogen-bond donors (Lipinski definition) is 23. The third-order valence-electron chi connectivity index (χ3n) is 28.9. The van der Waals surface area contributed by atoms with Gasteiger partial charge in [0.15, 0.2) is 56.2 Å². The molecule has 5 aliphatic carbocycles. The Morgan fingerprint density at radius 2 is 1.11 bits per heavy atom. The van der Waals surface area contributed by atoms with Gasteiger partial charge in [0.05, 0.1) is 76.0 Å². The topological polar surface area (TPSA) is 673 Å². The van der Waals surface area contributed by atoms with Crippen LogP contribution in [0.15, 0.2) is 11.6 Å². The lowest BCUT2D eigenvalue weighted by Gasteiger charge is -2.71. The Bertz CT molecular complexity index is 3550. The SMILES string of the molecule is C.CC1O[C@@H](OC2C(O)[C@@H](NC(=O)CO[C@@H]3O[C@@H](CO)C(O)C3O)[C@@H](CO)O[C@H]2OC(=O)[C@]23CCC(C)(C)CC2C2=CCC4C5(C)CC[C@H](O[C@@H]6OC(C(=O)O)[C@@H](O)[C@H](O[C@@H]7OC[C@@H](O)[C@H](O)C7O)C6O[C@@H]6OC(CO)[C@H](O)[C@H](O)C6O)[C@](C)(C=O)[C@@H]5CC[C@]4(C)[C@]2(C)CC3O)C(O)C(O)[C@H]1O[C@@H]1OC[C@@H](O)C(O[C@@H]2OC[C@@](O)(CO)C2O)C1O. The normalized spacial score (nSPS) is 52.6. The highest BCUT2D eigenvalue weighted by Gasteiger charge is 2.74. The van der Waals surface area contributed by atoms with Crippen molar-refractivity contribution in [2.24, 2.45) is 50.2 Å². The Morgan fingerprint density at radius 1 is 0.533 bits per heavy atom. The van der Waals surface area contributed by atoms with E-state index in [1.165, 1.54) is 6.92 Å². The molecule has 0 radical (unpaired) electrons. The lowest BCUT2D eigenvalue weighted by Crippen LogP contribution is -2.70. The van der Waals surface area contributed by atoms with Crippen LogP contribution in [0.4, 0.5) is 0 Å². The number of nitrogens with one attached hydrogen (secondary N) is 1. The van der Waals surface area contributed by atoms with E-state index in [0.717, 1.165) is 11.9 Å². The maximum atomic E-state index is 16.2. The summed E-state index contributed by atoms with van der Waals surface area (Å²) in [5, 5.41) is 245. The Labute approximate surface area is 689 Å². The van der Waals surface area contributed by atoms with E-state index in [4.69, 9.17) is 75.8 Å². The zero-order valence-electron chi connectivity index (χ0n) is 66.7. The van der Waals surface area contributed by atoms with Crippen molar-refractivity contribution in [1.29, 1.82) is 0 Å². The molecule has 45 atom stereocenters. The predicted octanol–water partition coefficient (Wildman–Crippen LogP) is -9.16. The molecular weight excluding hydrogens is 1610 g/mol. The second-order valence-electron chi connectivity index (χ2n) is 36.4. The number of carbonyl (C=O) groups is 4. The van der Waals surface area contributed by atoms with E-state index in [1.807, 2.05) is 20.8 Å². The number of allylic oxidation sites excluding steroid dienone is 2. The second kappa shape index (κ2) is 36.5. The summed E-state index contributed by atoms with van der Waals surface area (Å²) in [5.41, 5.74) is -7.67. The van der Waals surface area contributed by atoms with Gasteiger partial charge in [-0.1, -0.05) is 60.6 Å². The molecule has 19 unspecified atom stereocenters. The predicted molar refractivity (Wildman–Crippen MR) is 390 cm³/mol. The Morgan fingerprint density at radius 3 is 1.75 bits per heavy atom. The van der Waals surface area contributed by atoms with Crippen molar-refractivity contribution in [3.63, 3.8) is 0 Å². The van der Waals surface area contributed by atoms with Crippen LogP contribution >= 0.6 is 0 Å². The highest BCUT2D eigenvalue weighted by molar-refractivity contribution is 5.80. The van der Waals surface area contributed by atoms with E-state index in [9.17, 15) is 127 Å². The van der Waals surface area contributed by atoms with Crippen LogP contribution in [0.1, 0.15) is 114 Å². The number of fused-ring (bicyclic) bond motifs is 7. The molecule has 0 bridgehead atoms. The Balaban J connectivity index is 0.0000132. The molecule has 13 rings (SSSR count). The molecule has 0 aromatic heterocycles. The highest BCUT2D eigenvalue weighted by Crippen LogP contribution is 2.76. The summed E-state index contributed by atoms with van der Waals surface area (Å²) in [5.74, 6) is -5.56. The Hall–Kier alpha value is -3.62. The van der Waals surface area contributed by atoms with E-state index >= 15 is 4.79 Å². The molecular formula is C77H123NO42. The lowest BCUT2D eigenvalue weighted by molar-refractivity contribution is -0.391.